The van der Waals surface area contributed by atoms with E-state index in [1.165, 1.54) is 0 Å². The molecule has 0 radical (unpaired) electrons. The molecule has 0 saturated carbocycles. The molecular formula is C14H18N2O5. The lowest BCUT2D eigenvalue weighted by atomic mass is 10.1. The van der Waals surface area contributed by atoms with Crippen molar-refractivity contribution in [3.8, 4) is 5.75 Å². The van der Waals surface area contributed by atoms with E-state index in [0.717, 1.165) is 12.8 Å². The van der Waals surface area contributed by atoms with Crippen molar-refractivity contribution in [2.24, 2.45) is 0 Å². The second kappa shape index (κ2) is 7.49. The van der Waals surface area contributed by atoms with Crippen LogP contribution < -0.4 is 15.4 Å². The van der Waals surface area contributed by atoms with E-state index < -0.39 is 12.6 Å². The van der Waals surface area contributed by atoms with Crippen LogP contribution in [0.1, 0.15) is 12.8 Å². The van der Waals surface area contributed by atoms with Gasteiger partial charge in [-0.25, -0.2) is 9.59 Å². The second-order valence-electron chi connectivity index (χ2n) is 4.69. The molecular weight excluding hydrogens is 276 g/mol. The van der Waals surface area contributed by atoms with Crippen LogP contribution in [0.3, 0.4) is 0 Å². The molecule has 3 N–H and O–H groups in total. The lowest BCUT2D eigenvalue weighted by molar-refractivity contribution is -0.139. The number of carbonyl (C=O) groups is 2. The predicted molar refractivity (Wildman–Crippen MR) is 75.6 cm³/mol. The summed E-state index contributed by atoms with van der Waals surface area (Å²) in [6.45, 7) is 0.943. The number of hydrogen-bond donors (Lipinski definition) is 3. The minimum atomic E-state index is -1.03. The lowest BCUT2D eigenvalue weighted by Crippen LogP contribution is -2.41. The highest BCUT2D eigenvalue weighted by atomic mass is 16.5. The summed E-state index contributed by atoms with van der Waals surface area (Å²) in [5, 5.41) is 14.1. The number of hydrogen-bond acceptors (Lipinski definition) is 4. The molecule has 0 aliphatic carbocycles. The fraction of sp³-hybridized carbons (Fsp3) is 0.429. The molecule has 1 aromatic rings. The van der Waals surface area contributed by atoms with Gasteiger partial charge in [0, 0.05) is 24.9 Å². The van der Waals surface area contributed by atoms with Crippen LogP contribution in [0.15, 0.2) is 24.3 Å². The van der Waals surface area contributed by atoms with Crippen molar-refractivity contribution in [3.63, 3.8) is 0 Å². The number of benzene rings is 1. The van der Waals surface area contributed by atoms with E-state index in [-0.39, 0.29) is 12.1 Å². The van der Waals surface area contributed by atoms with Crippen LogP contribution in [0.4, 0.5) is 10.5 Å². The first-order chi connectivity index (χ1) is 10.1. The molecule has 21 heavy (non-hydrogen) atoms. The first kappa shape index (κ1) is 15.1. The van der Waals surface area contributed by atoms with E-state index in [4.69, 9.17) is 14.6 Å². The van der Waals surface area contributed by atoms with Gasteiger partial charge in [0.25, 0.3) is 0 Å². The van der Waals surface area contributed by atoms with Gasteiger partial charge in [-0.05, 0) is 37.1 Å². The largest absolute Gasteiger partial charge is 0.482 e. The summed E-state index contributed by atoms with van der Waals surface area (Å²) in [5.41, 5.74) is 0.613. The maximum absolute atomic E-state index is 11.8. The standard InChI is InChI=1S/C14H18N2O5/c17-13(18)9-21-12-3-1-10(2-4-12)15-14(19)16-11-5-7-20-8-6-11/h1-4,11H,5-9H2,(H,17,18)(H2,15,16,19). The third kappa shape index (κ3) is 5.31. The van der Waals surface area contributed by atoms with E-state index in [0.29, 0.717) is 24.7 Å². The van der Waals surface area contributed by atoms with E-state index in [2.05, 4.69) is 10.6 Å². The van der Waals surface area contributed by atoms with Gasteiger partial charge in [-0.15, -0.1) is 0 Å². The maximum atomic E-state index is 11.8. The molecule has 114 valence electrons. The Morgan fingerprint density at radius 2 is 1.90 bits per heavy atom. The topological polar surface area (TPSA) is 96.9 Å². The molecule has 7 heteroatoms. The zero-order valence-electron chi connectivity index (χ0n) is 11.5. The number of carboxylic acid groups (broad SMARTS) is 1. The molecule has 1 aliphatic rings. The minimum absolute atomic E-state index is 0.136. The van der Waals surface area contributed by atoms with Crippen LogP contribution in [0, 0.1) is 0 Å². The van der Waals surface area contributed by atoms with Crippen molar-refractivity contribution < 1.29 is 24.2 Å². The number of carboxylic acids is 1. The van der Waals surface area contributed by atoms with Crippen molar-refractivity contribution in [2.75, 3.05) is 25.1 Å². The van der Waals surface area contributed by atoms with E-state index in [9.17, 15) is 9.59 Å². The van der Waals surface area contributed by atoms with Crippen LogP contribution in [0.5, 0.6) is 5.75 Å². The Morgan fingerprint density at radius 3 is 2.52 bits per heavy atom. The van der Waals surface area contributed by atoms with Gasteiger partial charge in [0.05, 0.1) is 0 Å². The quantitative estimate of drug-likeness (QED) is 0.763. The van der Waals surface area contributed by atoms with Crippen LogP contribution >= 0.6 is 0 Å². The van der Waals surface area contributed by atoms with Crippen LogP contribution in [0.2, 0.25) is 0 Å². The molecule has 1 fully saturated rings. The van der Waals surface area contributed by atoms with E-state index >= 15 is 0 Å². The number of ether oxygens (including phenoxy) is 2. The monoisotopic (exact) mass is 294 g/mol. The maximum Gasteiger partial charge on any atom is 0.341 e. The molecule has 0 unspecified atom stereocenters. The summed E-state index contributed by atoms with van der Waals surface area (Å²) in [7, 11) is 0. The van der Waals surface area contributed by atoms with Gasteiger partial charge in [0.1, 0.15) is 5.75 Å². The number of urea groups is 1. The van der Waals surface area contributed by atoms with Gasteiger partial charge >= 0.3 is 12.0 Å². The third-order valence-electron chi connectivity index (χ3n) is 3.03. The Labute approximate surface area is 122 Å². The normalized spacial score (nSPS) is 15.2. The average Bonchev–Trinajstić information content (AvgIpc) is 2.47. The van der Waals surface area contributed by atoms with Crippen molar-refractivity contribution in [2.45, 2.75) is 18.9 Å². The SMILES string of the molecule is O=C(O)COc1ccc(NC(=O)NC2CCOCC2)cc1. The Hall–Kier alpha value is -2.28. The zero-order valence-corrected chi connectivity index (χ0v) is 11.5. The van der Waals surface area contributed by atoms with Crippen LogP contribution in [-0.2, 0) is 9.53 Å². The Kier molecular flexibility index (Phi) is 5.39. The highest BCUT2D eigenvalue weighted by molar-refractivity contribution is 5.89. The lowest BCUT2D eigenvalue weighted by Gasteiger charge is -2.23. The summed E-state index contributed by atoms with van der Waals surface area (Å²) in [6, 6.07) is 6.39. The van der Waals surface area contributed by atoms with Gasteiger partial charge in [0.15, 0.2) is 6.61 Å². The number of aliphatic carboxylic acids is 1. The molecule has 7 nitrogen and oxygen atoms in total. The summed E-state index contributed by atoms with van der Waals surface area (Å²) in [4.78, 5) is 22.2. The van der Waals surface area contributed by atoms with Crippen LogP contribution in [0.25, 0.3) is 0 Å². The molecule has 0 atom stereocenters. The number of nitrogens with one attached hydrogen (secondary N) is 2. The number of rotatable bonds is 5. The van der Waals surface area contributed by atoms with Crippen molar-refractivity contribution >= 4 is 17.7 Å². The fourth-order valence-corrected chi connectivity index (χ4v) is 1.97. The van der Waals surface area contributed by atoms with Gasteiger partial charge in [-0.2, -0.15) is 0 Å². The molecule has 1 saturated heterocycles. The van der Waals surface area contributed by atoms with Gasteiger partial charge in [0.2, 0.25) is 0 Å². The fourth-order valence-electron chi connectivity index (χ4n) is 1.97. The molecule has 2 amide bonds. The smallest absolute Gasteiger partial charge is 0.341 e. The molecule has 0 spiro atoms. The highest BCUT2D eigenvalue weighted by Gasteiger charge is 2.15. The zero-order chi connectivity index (χ0) is 15.1. The average molecular weight is 294 g/mol. The summed E-state index contributed by atoms with van der Waals surface area (Å²) < 4.78 is 10.2. The molecule has 1 heterocycles. The van der Waals surface area contributed by atoms with Crippen molar-refractivity contribution in [1.82, 2.24) is 5.32 Å². The summed E-state index contributed by atoms with van der Waals surface area (Å²) in [5.74, 6) is -0.596. The predicted octanol–water partition coefficient (Wildman–Crippen LogP) is 1.45. The van der Waals surface area contributed by atoms with Crippen molar-refractivity contribution in [3.05, 3.63) is 24.3 Å². The first-order valence-corrected chi connectivity index (χ1v) is 6.73. The molecule has 2 rings (SSSR count). The Balaban J connectivity index is 1.79. The number of carbonyl (C=O) groups excluding carboxylic acids is 1. The molecule has 1 aromatic carbocycles. The van der Waals surface area contributed by atoms with Gasteiger partial charge in [-0.1, -0.05) is 0 Å². The van der Waals surface area contributed by atoms with E-state index in [1.807, 2.05) is 0 Å². The highest BCUT2D eigenvalue weighted by Crippen LogP contribution is 2.15. The minimum Gasteiger partial charge on any atom is -0.482 e. The summed E-state index contributed by atoms with van der Waals surface area (Å²) in [6.07, 6.45) is 1.63. The van der Waals surface area contributed by atoms with Crippen LogP contribution in [-0.4, -0.2) is 43.0 Å². The molecule has 0 bridgehead atoms. The Morgan fingerprint density at radius 1 is 1.24 bits per heavy atom. The second-order valence-corrected chi connectivity index (χ2v) is 4.69. The number of anilines is 1. The van der Waals surface area contributed by atoms with E-state index in [1.54, 1.807) is 24.3 Å². The third-order valence-corrected chi connectivity index (χ3v) is 3.03. The molecule has 0 aromatic heterocycles. The van der Waals surface area contributed by atoms with Crippen molar-refractivity contribution in [1.29, 1.82) is 0 Å². The summed E-state index contributed by atoms with van der Waals surface area (Å²) >= 11 is 0. The number of amides is 2. The van der Waals surface area contributed by atoms with Gasteiger partial charge in [-0.3, -0.25) is 0 Å². The Bertz CT molecular complexity index is 483. The molecule has 1 aliphatic heterocycles. The first-order valence-electron chi connectivity index (χ1n) is 6.73. The van der Waals surface area contributed by atoms with Gasteiger partial charge < -0.3 is 25.2 Å².